The molecule has 1 aromatic rings. The van der Waals surface area contributed by atoms with Crippen molar-refractivity contribution >= 4 is 20.9 Å². The van der Waals surface area contributed by atoms with E-state index in [2.05, 4.69) is 0 Å². The predicted molar refractivity (Wildman–Crippen MR) is 104 cm³/mol. The van der Waals surface area contributed by atoms with Crippen molar-refractivity contribution in [2.45, 2.75) is 43.9 Å². The SMILES string of the molecule is Cc1ccc(S(=O)(=O)OC2N(C)C=CN2CCCCCCS(C)=O)cc1. The molecule has 0 amide bonds. The molecule has 0 fully saturated rings. The van der Waals surface area contributed by atoms with E-state index < -0.39 is 27.3 Å². The van der Waals surface area contributed by atoms with Crippen LogP contribution < -0.4 is 0 Å². The van der Waals surface area contributed by atoms with Crippen molar-refractivity contribution in [3.05, 3.63) is 42.2 Å². The van der Waals surface area contributed by atoms with Gasteiger partial charge in [0.1, 0.15) is 0 Å². The zero-order valence-corrected chi connectivity index (χ0v) is 17.3. The van der Waals surface area contributed by atoms with Gasteiger partial charge in [-0.2, -0.15) is 8.42 Å². The molecule has 2 rings (SSSR count). The summed E-state index contributed by atoms with van der Waals surface area (Å²) in [6, 6.07) is 6.64. The zero-order valence-electron chi connectivity index (χ0n) is 15.6. The Morgan fingerprint density at radius 3 is 2.38 bits per heavy atom. The minimum Gasteiger partial charge on any atom is -0.336 e. The van der Waals surface area contributed by atoms with Crippen LogP contribution in [0.25, 0.3) is 0 Å². The fourth-order valence-corrected chi connectivity index (χ4v) is 4.37. The summed E-state index contributed by atoms with van der Waals surface area (Å²) in [5.74, 6) is 0.743. The fraction of sp³-hybridized carbons (Fsp3) is 0.556. The standard InChI is InChI=1S/C18H28N2O4S2/c1-16-8-10-17(11-9-16)26(22,23)24-18-19(2)13-14-20(18)12-6-4-5-7-15-25(3)21/h8-11,13-14,18H,4-7,12,15H2,1-3H3. The molecule has 26 heavy (non-hydrogen) atoms. The molecule has 0 N–H and O–H groups in total. The van der Waals surface area contributed by atoms with E-state index in [1.165, 1.54) is 0 Å². The van der Waals surface area contributed by atoms with Crippen molar-refractivity contribution in [2.24, 2.45) is 0 Å². The maximum atomic E-state index is 12.5. The van der Waals surface area contributed by atoms with Gasteiger partial charge in [0, 0.05) is 48.8 Å². The van der Waals surface area contributed by atoms with Crippen molar-refractivity contribution in [3.8, 4) is 0 Å². The van der Waals surface area contributed by atoms with E-state index in [4.69, 9.17) is 4.18 Å². The van der Waals surface area contributed by atoms with Gasteiger partial charge in [0.2, 0.25) is 6.35 Å². The Bertz CT molecular complexity index is 732. The molecule has 0 saturated heterocycles. The molecule has 1 aliphatic heterocycles. The van der Waals surface area contributed by atoms with E-state index in [1.807, 2.05) is 24.2 Å². The third-order valence-corrected chi connectivity index (χ3v) is 6.38. The Labute approximate surface area is 159 Å². The molecule has 1 aromatic carbocycles. The third kappa shape index (κ3) is 6.10. The summed E-state index contributed by atoms with van der Waals surface area (Å²) < 4.78 is 41.6. The average Bonchev–Trinajstić information content (AvgIpc) is 2.91. The highest BCUT2D eigenvalue weighted by Crippen LogP contribution is 2.22. The molecular weight excluding hydrogens is 372 g/mol. The Hall–Kier alpha value is -1.38. The zero-order chi connectivity index (χ0) is 19.2. The van der Waals surface area contributed by atoms with Crippen LogP contribution in [-0.2, 0) is 25.1 Å². The summed E-state index contributed by atoms with van der Waals surface area (Å²) in [6.45, 7) is 2.62. The second kappa shape index (κ2) is 9.53. The van der Waals surface area contributed by atoms with Gasteiger partial charge in [-0.1, -0.05) is 30.5 Å². The minimum atomic E-state index is -3.83. The minimum absolute atomic E-state index is 0.163. The van der Waals surface area contributed by atoms with E-state index >= 15 is 0 Å². The van der Waals surface area contributed by atoms with Crippen LogP contribution >= 0.6 is 0 Å². The number of rotatable bonds is 10. The molecule has 146 valence electrons. The summed E-state index contributed by atoms with van der Waals surface area (Å²) in [7, 11) is -2.77. The van der Waals surface area contributed by atoms with Crippen molar-refractivity contribution < 1.29 is 16.8 Å². The van der Waals surface area contributed by atoms with Crippen LogP contribution in [0, 0.1) is 6.92 Å². The van der Waals surface area contributed by atoms with E-state index in [-0.39, 0.29) is 4.90 Å². The van der Waals surface area contributed by atoms with Crippen molar-refractivity contribution in [2.75, 3.05) is 25.6 Å². The van der Waals surface area contributed by atoms with E-state index in [9.17, 15) is 12.6 Å². The number of hydrogen-bond donors (Lipinski definition) is 0. The molecular formula is C18H28N2O4S2. The lowest BCUT2D eigenvalue weighted by Gasteiger charge is -2.29. The van der Waals surface area contributed by atoms with Gasteiger partial charge < -0.3 is 9.80 Å². The summed E-state index contributed by atoms with van der Waals surface area (Å²) in [5, 5.41) is 0. The Morgan fingerprint density at radius 1 is 1.08 bits per heavy atom. The first-order valence-electron chi connectivity index (χ1n) is 8.75. The molecule has 0 radical (unpaired) electrons. The lowest BCUT2D eigenvalue weighted by atomic mass is 10.2. The quantitative estimate of drug-likeness (QED) is 0.444. The molecule has 0 bridgehead atoms. The highest BCUT2D eigenvalue weighted by Gasteiger charge is 2.30. The van der Waals surface area contributed by atoms with Gasteiger partial charge in [0.25, 0.3) is 10.1 Å². The second-order valence-electron chi connectivity index (χ2n) is 6.58. The van der Waals surface area contributed by atoms with Crippen LogP contribution in [0.4, 0.5) is 0 Å². The monoisotopic (exact) mass is 400 g/mol. The van der Waals surface area contributed by atoms with Crippen LogP contribution in [0.5, 0.6) is 0 Å². The molecule has 2 unspecified atom stereocenters. The first-order chi connectivity index (χ1) is 12.3. The Balaban J connectivity index is 1.88. The maximum Gasteiger partial charge on any atom is 0.300 e. The fourth-order valence-electron chi connectivity index (χ4n) is 2.71. The van der Waals surface area contributed by atoms with Crippen LogP contribution in [-0.4, -0.2) is 54.4 Å². The molecule has 1 aliphatic rings. The number of nitrogens with zero attached hydrogens (tertiary/aromatic N) is 2. The lowest BCUT2D eigenvalue weighted by molar-refractivity contribution is -0.00905. The van der Waals surface area contributed by atoms with Crippen molar-refractivity contribution in [1.29, 1.82) is 0 Å². The number of unbranched alkanes of at least 4 members (excludes halogenated alkanes) is 3. The number of benzene rings is 1. The Morgan fingerprint density at radius 2 is 1.73 bits per heavy atom. The molecule has 6 nitrogen and oxygen atoms in total. The summed E-state index contributed by atoms with van der Waals surface area (Å²) >= 11 is 0. The van der Waals surface area contributed by atoms with Crippen LogP contribution in [0.2, 0.25) is 0 Å². The molecule has 1 heterocycles. The summed E-state index contributed by atoms with van der Waals surface area (Å²) in [6.07, 6.45) is 8.67. The summed E-state index contributed by atoms with van der Waals surface area (Å²) in [5.41, 5.74) is 0.997. The first kappa shape index (κ1) is 20.9. The second-order valence-corrected chi connectivity index (χ2v) is 9.71. The molecule has 2 atom stereocenters. The largest absolute Gasteiger partial charge is 0.336 e. The highest BCUT2D eigenvalue weighted by atomic mass is 32.2. The predicted octanol–water partition coefficient (Wildman–Crippen LogP) is 2.64. The maximum absolute atomic E-state index is 12.5. The van der Waals surface area contributed by atoms with Crippen molar-refractivity contribution in [3.63, 3.8) is 0 Å². The third-order valence-electron chi connectivity index (χ3n) is 4.25. The number of hydrogen-bond acceptors (Lipinski definition) is 6. The van der Waals surface area contributed by atoms with E-state index in [0.717, 1.165) is 37.0 Å². The first-order valence-corrected chi connectivity index (χ1v) is 11.9. The smallest absolute Gasteiger partial charge is 0.300 e. The van der Waals surface area contributed by atoms with Gasteiger partial charge in [-0.3, -0.25) is 4.21 Å². The van der Waals surface area contributed by atoms with Gasteiger partial charge in [-0.05, 0) is 31.9 Å². The average molecular weight is 401 g/mol. The normalized spacial score (nSPS) is 18.5. The van der Waals surface area contributed by atoms with E-state index in [0.29, 0.717) is 6.54 Å². The topological polar surface area (TPSA) is 66.9 Å². The van der Waals surface area contributed by atoms with Crippen LogP contribution in [0.1, 0.15) is 31.2 Å². The molecule has 0 aromatic heterocycles. The van der Waals surface area contributed by atoms with Gasteiger partial charge in [0.15, 0.2) is 0 Å². The molecule has 8 heteroatoms. The van der Waals surface area contributed by atoms with Gasteiger partial charge in [0.05, 0.1) is 4.90 Å². The van der Waals surface area contributed by atoms with E-state index in [1.54, 1.807) is 42.5 Å². The summed E-state index contributed by atoms with van der Waals surface area (Å²) in [4.78, 5) is 3.80. The Kier molecular flexibility index (Phi) is 7.67. The number of aryl methyl sites for hydroxylation is 1. The molecule has 0 aliphatic carbocycles. The van der Waals surface area contributed by atoms with Crippen LogP contribution in [0.15, 0.2) is 41.6 Å². The highest BCUT2D eigenvalue weighted by molar-refractivity contribution is 7.86. The molecule has 0 saturated carbocycles. The van der Waals surface area contributed by atoms with Crippen LogP contribution in [0.3, 0.4) is 0 Å². The molecule has 0 spiro atoms. The van der Waals surface area contributed by atoms with Gasteiger partial charge in [-0.25, -0.2) is 4.18 Å². The van der Waals surface area contributed by atoms with Crippen molar-refractivity contribution in [1.82, 2.24) is 9.80 Å². The van der Waals surface area contributed by atoms with Gasteiger partial charge >= 0.3 is 0 Å². The lowest BCUT2D eigenvalue weighted by Crippen LogP contribution is -2.40. The van der Waals surface area contributed by atoms with Gasteiger partial charge in [-0.15, -0.1) is 0 Å².